The van der Waals surface area contributed by atoms with Gasteiger partial charge in [-0.2, -0.15) is 26.3 Å². The van der Waals surface area contributed by atoms with Crippen LogP contribution in [0.2, 0.25) is 0 Å². The van der Waals surface area contributed by atoms with E-state index in [1.165, 1.54) is 11.1 Å². The zero-order chi connectivity index (χ0) is 29.9. The van der Waals surface area contributed by atoms with Crippen LogP contribution in [0.15, 0.2) is 66.7 Å². The first-order valence-electron chi connectivity index (χ1n) is 14.2. The van der Waals surface area contributed by atoms with Gasteiger partial charge in [-0.25, -0.2) is 0 Å². The highest BCUT2D eigenvalue weighted by Crippen LogP contribution is 2.37. The smallest absolute Gasteiger partial charge is 0.416 e. The van der Waals surface area contributed by atoms with E-state index in [-0.39, 0.29) is 24.2 Å². The molecule has 1 atom stereocenters. The first-order valence-corrected chi connectivity index (χ1v) is 14.2. The number of rotatable bonds is 8. The van der Waals surface area contributed by atoms with Crippen LogP contribution in [0.4, 0.5) is 26.3 Å². The molecule has 3 aromatic carbocycles. The number of nitrogens with zero attached hydrogens (tertiary/aromatic N) is 2. The molecular formula is C32H35F6N3O. The molecule has 42 heavy (non-hydrogen) atoms. The molecule has 2 aliphatic rings. The van der Waals surface area contributed by atoms with E-state index in [1.54, 1.807) is 7.11 Å². The fourth-order valence-corrected chi connectivity index (χ4v) is 6.24. The van der Waals surface area contributed by atoms with Gasteiger partial charge in [-0.1, -0.05) is 42.5 Å². The third-order valence-corrected chi connectivity index (χ3v) is 8.43. The summed E-state index contributed by atoms with van der Waals surface area (Å²) in [5.41, 5.74) is 1.04. The maximum Gasteiger partial charge on any atom is 0.416 e. The van der Waals surface area contributed by atoms with Gasteiger partial charge in [0.05, 0.1) is 24.3 Å². The second-order valence-electron chi connectivity index (χ2n) is 11.1. The molecule has 10 heteroatoms. The molecule has 226 valence electrons. The molecule has 1 unspecified atom stereocenters. The number of hydrogen-bond acceptors (Lipinski definition) is 4. The fraction of sp³-hybridized carbons (Fsp3) is 0.438. The van der Waals surface area contributed by atoms with Gasteiger partial charge in [0.25, 0.3) is 0 Å². The van der Waals surface area contributed by atoms with E-state index in [1.807, 2.05) is 24.3 Å². The van der Waals surface area contributed by atoms with Crippen molar-refractivity contribution in [2.24, 2.45) is 0 Å². The van der Waals surface area contributed by atoms with Crippen molar-refractivity contribution in [1.82, 2.24) is 15.1 Å². The molecule has 0 saturated carbocycles. The SMILES string of the molecule is COc1ccccc1C(CNCc1cc(C(F)(F)F)cc(C(F)(F)F)c1)N1CCC(N2CCc3ccccc3C2)CC1. The number of alkyl halides is 6. The van der Waals surface area contributed by atoms with Gasteiger partial charge in [0.2, 0.25) is 0 Å². The van der Waals surface area contributed by atoms with Crippen molar-refractivity contribution in [3.63, 3.8) is 0 Å². The lowest BCUT2D eigenvalue weighted by molar-refractivity contribution is -0.143. The summed E-state index contributed by atoms with van der Waals surface area (Å²) < 4.78 is 85.8. The molecule has 0 radical (unpaired) electrons. The van der Waals surface area contributed by atoms with E-state index in [4.69, 9.17) is 4.74 Å². The van der Waals surface area contributed by atoms with Crippen LogP contribution in [0.3, 0.4) is 0 Å². The molecule has 0 aromatic heterocycles. The maximum atomic E-state index is 13.4. The summed E-state index contributed by atoms with van der Waals surface area (Å²) in [6, 6.07) is 18.2. The quantitative estimate of drug-likeness (QED) is 0.283. The predicted molar refractivity (Wildman–Crippen MR) is 149 cm³/mol. The molecule has 1 N–H and O–H groups in total. The number of hydrogen-bond donors (Lipinski definition) is 1. The van der Waals surface area contributed by atoms with Gasteiger partial charge in [0.15, 0.2) is 0 Å². The second-order valence-corrected chi connectivity index (χ2v) is 11.1. The number of nitrogens with one attached hydrogen (secondary N) is 1. The van der Waals surface area contributed by atoms with Crippen molar-refractivity contribution in [2.45, 2.75) is 56.8 Å². The molecule has 1 saturated heterocycles. The lowest BCUT2D eigenvalue weighted by Crippen LogP contribution is -2.48. The molecule has 0 spiro atoms. The van der Waals surface area contributed by atoms with Crippen molar-refractivity contribution in [1.29, 1.82) is 0 Å². The van der Waals surface area contributed by atoms with Gasteiger partial charge >= 0.3 is 12.4 Å². The minimum atomic E-state index is -4.88. The Bertz CT molecular complexity index is 1320. The van der Waals surface area contributed by atoms with E-state index in [0.717, 1.165) is 63.1 Å². The maximum absolute atomic E-state index is 13.4. The van der Waals surface area contributed by atoms with Crippen molar-refractivity contribution in [3.05, 3.63) is 100 Å². The van der Waals surface area contributed by atoms with Gasteiger partial charge in [0, 0.05) is 50.9 Å². The molecule has 4 nitrogen and oxygen atoms in total. The van der Waals surface area contributed by atoms with Crippen LogP contribution in [0.5, 0.6) is 5.75 Å². The lowest BCUT2D eigenvalue weighted by atomic mass is 9.94. The number of methoxy groups -OCH3 is 1. The first-order chi connectivity index (χ1) is 20.0. The van der Waals surface area contributed by atoms with Gasteiger partial charge in [0.1, 0.15) is 5.75 Å². The Labute approximate surface area is 242 Å². The Morgan fingerprint density at radius 2 is 1.45 bits per heavy atom. The summed E-state index contributed by atoms with van der Waals surface area (Å²) in [7, 11) is 1.59. The van der Waals surface area contributed by atoms with Gasteiger partial charge in [-0.15, -0.1) is 0 Å². The standard InChI is InChI=1S/C32H35F6N3O/c1-42-30-9-5-4-8-28(30)29(20-39-19-22-16-25(31(33,34)35)18-26(17-22)32(36,37)38)40-14-11-27(12-15-40)41-13-10-23-6-2-3-7-24(23)21-41/h2-9,16-18,27,29,39H,10-15,19-21H2,1H3. The second kappa shape index (κ2) is 12.7. The summed E-state index contributed by atoms with van der Waals surface area (Å²) in [5, 5.41) is 3.15. The van der Waals surface area contributed by atoms with Gasteiger partial charge < -0.3 is 10.1 Å². The van der Waals surface area contributed by atoms with Crippen LogP contribution in [0.1, 0.15) is 52.3 Å². The number of halogens is 6. The largest absolute Gasteiger partial charge is 0.496 e. The molecule has 0 bridgehead atoms. The lowest BCUT2D eigenvalue weighted by Gasteiger charge is -2.43. The molecule has 0 amide bonds. The van der Waals surface area contributed by atoms with Crippen LogP contribution in [-0.2, 0) is 31.9 Å². The highest BCUT2D eigenvalue weighted by Gasteiger charge is 2.37. The van der Waals surface area contributed by atoms with Crippen LogP contribution in [-0.4, -0.2) is 49.1 Å². The molecule has 1 fully saturated rings. The molecule has 0 aliphatic carbocycles. The Balaban J connectivity index is 1.29. The zero-order valence-electron chi connectivity index (χ0n) is 23.4. The number of benzene rings is 3. The normalized spacial score (nSPS) is 18.1. The van der Waals surface area contributed by atoms with E-state index in [0.29, 0.717) is 18.3 Å². The van der Waals surface area contributed by atoms with Crippen LogP contribution in [0.25, 0.3) is 0 Å². The summed E-state index contributed by atoms with van der Waals surface area (Å²) in [6.07, 6.45) is -6.78. The molecule has 2 aliphatic heterocycles. The van der Waals surface area contributed by atoms with E-state index >= 15 is 0 Å². The summed E-state index contributed by atoms with van der Waals surface area (Å²) >= 11 is 0. The number of para-hydroxylation sites is 1. The van der Waals surface area contributed by atoms with Gasteiger partial charge in [-0.05, 0) is 60.2 Å². The third-order valence-electron chi connectivity index (χ3n) is 8.43. The predicted octanol–water partition coefficient (Wildman–Crippen LogP) is 7.09. The number of piperidine rings is 1. The Hall–Kier alpha value is -3.08. The monoisotopic (exact) mass is 591 g/mol. The molecule has 3 aromatic rings. The Morgan fingerprint density at radius 3 is 2.10 bits per heavy atom. The summed E-state index contributed by atoms with van der Waals surface area (Å²) in [4.78, 5) is 4.90. The topological polar surface area (TPSA) is 27.7 Å². The number of ether oxygens (including phenoxy) is 1. The summed E-state index contributed by atoms with van der Waals surface area (Å²) in [6.45, 7) is 3.79. The number of likely N-dealkylation sites (tertiary alicyclic amines) is 1. The highest BCUT2D eigenvalue weighted by atomic mass is 19.4. The Morgan fingerprint density at radius 1 is 0.833 bits per heavy atom. The molecular weight excluding hydrogens is 556 g/mol. The van der Waals surface area contributed by atoms with Crippen LogP contribution >= 0.6 is 0 Å². The third kappa shape index (κ3) is 7.10. The minimum absolute atomic E-state index is 0.0694. The molecule has 5 rings (SSSR count). The van der Waals surface area contributed by atoms with Gasteiger partial charge in [-0.3, -0.25) is 9.80 Å². The van der Waals surface area contributed by atoms with Crippen molar-refractivity contribution in [3.8, 4) is 5.75 Å². The number of fused-ring (bicyclic) bond motifs is 1. The average Bonchev–Trinajstić information content (AvgIpc) is 2.98. The van der Waals surface area contributed by atoms with Crippen molar-refractivity contribution < 1.29 is 31.1 Å². The molecule has 2 heterocycles. The van der Waals surface area contributed by atoms with E-state index in [2.05, 4.69) is 39.4 Å². The van der Waals surface area contributed by atoms with E-state index in [9.17, 15) is 26.3 Å². The Kier molecular flexibility index (Phi) is 9.15. The van der Waals surface area contributed by atoms with Crippen LogP contribution < -0.4 is 10.1 Å². The minimum Gasteiger partial charge on any atom is -0.496 e. The summed E-state index contributed by atoms with van der Waals surface area (Å²) in [5.74, 6) is 0.692. The zero-order valence-corrected chi connectivity index (χ0v) is 23.4. The average molecular weight is 592 g/mol. The van der Waals surface area contributed by atoms with Crippen molar-refractivity contribution >= 4 is 0 Å². The fourth-order valence-electron chi connectivity index (χ4n) is 6.24. The van der Waals surface area contributed by atoms with Crippen molar-refractivity contribution in [2.75, 3.05) is 33.3 Å². The first kappa shape index (κ1) is 30.4. The van der Waals surface area contributed by atoms with Crippen LogP contribution in [0, 0.1) is 0 Å². The highest BCUT2D eigenvalue weighted by molar-refractivity contribution is 5.37. The van der Waals surface area contributed by atoms with E-state index < -0.39 is 23.5 Å².